The summed E-state index contributed by atoms with van der Waals surface area (Å²) in [7, 11) is 1.49. The third-order valence-electron chi connectivity index (χ3n) is 4.17. The lowest BCUT2D eigenvalue weighted by atomic mass is 10.0. The molecular formula is C14H17N5O4. The van der Waals surface area contributed by atoms with Gasteiger partial charge >= 0.3 is 6.03 Å². The molecule has 1 N–H and O–H groups in total. The first kappa shape index (κ1) is 15.2. The van der Waals surface area contributed by atoms with E-state index in [1.165, 1.54) is 24.1 Å². The number of hydrogen-bond donors (Lipinski definition) is 1. The first-order valence-corrected chi connectivity index (χ1v) is 7.41. The number of nitrogens with one attached hydrogen (secondary N) is 1. The molecule has 23 heavy (non-hydrogen) atoms. The third kappa shape index (κ3) is 2.81. The minimum Gasteiger partial charge on any atom is -0.337 e. The number of nitrogens with zero attached hydrogens (tertiary/aromatic N) is 4. The zero-order valence-electron chi connectivity index (χ0n) is 12.7. The van der Waals surface area contributed by atoms with E-state index < -0.39 is 0 Å². The highest BCUT2D eigenvalue weighted by molar-refractivity contribution is 6.02. The molecule has 9 nitrogen and oxygen atoms in total. The molecule has 9 heteroatoms. The number of likely N-dealkylation sites (tertiary alicyclic amines) is 1. The van der Waals surface area contributed by atoms with Gasteiger partial charge in [0.15, 0.2) is 0 Å². The van der Waals surface area contributed by atoms with Gasteiger partial charge in [-0.05, 0) is 18.9 Å². The van der Waals surface area contributed by atoms with Crippen LogP contribution in [0.15, 0.2) is 16.9 Å². The van der Waals surface area contributed by atoms with Crippen molar-refractivity contribution >= 4 is 17.8 Å². The Balaban J connectivity index is 1.65. The number of urea groups is 1. The molecule has 0 bridgehead atoms. The number of carbonyl (C=O) groups excluding carboxylic acids is 3. The van der Waals surface area contributed by atoms with E-state index in [0.717, 1.165) is 4.68 Å². The number of imide groups is 1. The van der Waals surface area contributed by atoms with Crippen molar-refractivity contribution in [3.05, 3.63) is 28.2 Å². The van der Waals surface area contributed by atoms with Gasteiger partial charge in [0.2, 0.25) is 5.91 Å². The van der Waals surface area contributed by atoms with E-state index in [1.807, 2.05) is 0 Å². The Morgan fingerprint density at radius 3 is 2.48 bits per heavy atom. The Labute approximate surface area is 131 Å². The minimum atomic E-state index is -0.362. The number of aryl methyl sites for hydroxylation is 1. The second kappa shape index (κ2) is 5.82. The van der Waals surface area contributed by atoms with Gasteiger partial charge in [-0.15, -0.1) is 0 Å². The summed E-state index contributed by atoms with van der Waals surface area (Å²) >= 11 is 0. The second-order valence-corrected chi connectivity index (χ2v) is 5.63. The lowest BCUT2D eigenvalue weighted by Gasteiger charge is -2.35. The summed E-state index contributed by atoms with van der Waals surface area (Å²) in [4.78, 5) is 50.0. The molecule has 2 aliphatic rings. The molecule has 0 atom stereocenters. The van der Waals surface area contributed by atoms with Gasteiger partial charge in [0.1, 0.15) is 5.69 Å². The quantitative estimate of drug-likeness (QED) is 0.699. The topological polar surface area (TPSA) is 105 Å². The molecule has 2 aliphatic heterocycles. The maximum Gasteiger partial charge on any atom is 0.324 e. The average molecular weight is 319 g/mol. The highest BCUT2D eigenvalue weighted by atomic mass is 16.2. The fourth-order valence-electron chi connectivity index (χ4n) is 2.91. The maximum absolute atomic E-state index is 12.4. The fourth-order valence-corrected chi connectivity index (χ4v) is 2.91. The molecule has 0 unspecified atom stereocenters. The summed E-state index contributed by atoms with van der Waals surface area (Å²) in [6.07, 6.45) is 1.08. The molecule has 0 spiro atoms. The number of amides is 4. The largest absolute Gasteiger partial charge is 0.337 e. The van der Waals surface area contributed by atoms with Crippen molar-refractivity contribution in [1.29, 1.82) is 0 Å². The molecule has 3 heterocycles. The van der Waals surface area contributed by atoms with Crippen LogP contribution in [0.1, 0.15) is 23.3 Å². The minimum absolute atomic E-state index is 0.0416. The molecule has 4 amide bonds. The van der Waals surface area contributed by atoms with Gasteiger partial charge in [0, 0.05) is 32.2 Å². The number of hydrogen-bond acceptors (Lipinski definition) is 5. The molecule has 1 aromatic heterocycles. The van der Waals surface area contributed by atoms with Crippen LogP contribution in [0, 0.1) is 0 Å². The molecule has 122 valence electrons. The molecule has 2 fully saturated rings. The van der Waals surface area contributed by atoms with E-state index >= 15 is 0 Å². The summed E-state index contributed by atoms with van der Waals surface area (Å²) in [6.45, 7) is 0.913. The number of aromatic nitrogens is 2. The summed E-state index contributed by atoms with van der Waals surface area (Å²) in [5.74, 6) is -0.476. The predicted molar refractivity (Wildman–Crippen MR) is 78.6 cm³/mol. The summed E-state index contributed by atoms with van der Waals surface area (Å²) in [5, 5.41) is 6.46. The highest BCUT2D eigenvalue weighted by Gasteiger charge is 2.37. The number of piperidine rings is 1. The Hall–Kier alpha value is -2.71. The highest BCUT2D eigenvalue weighted by Crippen LogP contribution is 2.19. The molecule has 1 aromatic rings. The van der Waals surface area contributed by atoms with E-state index in [2.05, 4.69) is 10.4 Å². The summed E-state index contributed by atoms with van der Waals surface area (Å²) in [6, 6.07) is 2.18. The Kier molecular flexibility index (Phi) is 3.85. The van der Waals surface area contributed by atoms with Crippen molar-refractivity contribution in [2.45, 2.75) is 18.9 Å². The van der Waals surface area contributed by atoms with Crippen molar-refractivity contribution in [2.24, 2.45) is 7.05 Å². The van der Waals surface area contributed by atoms with Crippen molar-refractivity contribution in [3.63, 3.8) is 0 Å². The number of carbonyl (C=O) groups is 3. The van der Waals surface area contributed by atoms with Crippen LogP contribution in [0.25, 0.3) is 0 Å². The standard InChI is InChI=1S/C14H17N5O4/c1-17-11(20)3-2-10(16-17)13(22)18-6-4-9(5-7-18)19-12(21)8-15-14(19)23/h2-3,9H,4-8H2,1H3,(H,15,23). The average Bonchev–Trinajstić information content (AvgIpc) is 2.88. The van der Waals surface area contributed by atoms with Crippen molar-refractivity contribution in [3.8, 4) is 0 Å². The van der Waals surface area contributed by atoms with Crippen molar-refractivity contribution in [2.75, 3.05) is 19.6 Å². The van der Waals surface area contributed by atoms with Gasteiger partial charge in [-0.25, -0.2) is 9.48 Å². The van der Waals surface area contributed by atoms with E-state index in [-0.39, 0.29) is 41.7 Å². The monoisotopic (exact) mass is 319 g/mol. The van der Waals surface area contributed by atoms with Crippen LogP contribution in [-0.4, -0.2) is 63.1 Å². The van der Waals surface area contributed by atoms with E-state index in [0.29, 0.717) is 25.9 Å². The van der Waals surface area contributed by atoms with E-state index in [4.69, 9.17) is 0 Å². The zero-order chi connectivity index (χ0) is 16.6. The van der Waals surface area contributed by atoms with Gasteiger partial charge in [-0.3, -0.25) is 19.3 Å². The molecule has 0 radical (unpaired) electrons. The molecule has 0 saturated carbocycles. The van der Waals surface area contributed by atoms with Crippen LogP contribution in [-0.2, 0) is 11.8 Å². The molecule has 0 aromatic carbocycles. The second-order valence-electron chi connectivity index (χ2n) is 5.63. The van der Waals surface area contributed by atoms with Crippen LogP contribution >= 0.6 is 0 Å². The van der Waals surface area contributed by atoms with Crippen molar-refractivity contribution in [1.82, 2.24) is 24.9 Å². The fraction of sp³-hybridized carbons (Fsp3) is 0.500. The lowest BCUT2D eigenvalue weighted by Crippen LogP contribution is -2.49. The van der Waals surface area contributed by atoms with Crippen molar-refractivity contribution < 1.29 is 14.4 Å². The molecule has 2 saturated heterocycles. The summed E-state index contributed by atoms with van der Waals surface area (Å²) < 4.78 is 1.12. The normalized spacial score (nSPS) is 19.2. The third-order valence-corrected chi connectivity index (χ3v) is 4.17. The molecule has 0 aliphatic carbocycles. The van der Waals surface area contributed by atoms with Crippen LogP contribution in [0.2, 0.25) is 0 Å². The first-order chi connectivity index (χ1) is 11.0. The Morgan fingerprint density at radius 1 is 1.22 bits per heavy atom. The summed E-state index contributed by atoms with van der Waals surface area (Å²) in [5.41, 5.74) is -0.0700. The van der Waals surface area contributed by atoms with Gasteiger partial charge in [0.05, 0.1) is 6.54 Å². The Bertz CT molecular complexity index is 704. The smallest absolute Gasteiger partial charge is 0.324 e. The van der Waals surface area contributed by atoms with Crippen LogP contribution in [0.5, 0.6) is 0 Å². The first-order valence-electron chi connectivity index (χ1n) is 7.41. The van der Waals surface area contributed by atoms with Crippen LogP contribution in [0.3, 0.4) is 0 Å². The lowest BCUT2D eigenvalue weighted by molar-refractivity contribution is -0.127. The molecular weight excluding hydrogens is 302 g/mol. The van der Waals surface area contributed by atoms with Gasteiger partial charge in [-0.1, -0.05) is 0 Å². The van der Waals surface area contributed by atoms with Gasteiger partial charge in [0.25, 0.3) is 11.5 Å². The molecule has 3 rings (SSSR count). The van der Waals surface area contributed by atoms with Gasteiger partial charge in [-0.2, -0.15) is 5.10 Å². The SMILES string of the molecule is Cn1nc(C(=O)N2CCC(N3C(=O)CNC3=O)CC2)ccc1=O. The number of rotatable bonds is 2. The Morgan fingerprint density at radius 2 is 1.91 bits per heavy atom. The van der Waals surface area contributed by atoms with Gasteiger partial charge < -0.3 is 10.2 Å². The van der Waals surface area contributed by atoms with E-state index in [1.54, 1.807) is 4.90 Å². The maximum atomic E-state index is 12.4. The van der Waals surface area contributed by atoms with Crippen LogP contribution < -0.4 is 10.9 Å². The predicted octanol–water partition coefficient (Wildman–Crippen LogP) is -1.06. The van der Waals surface area contributed by atoms with E-state index in [9.17, 15) is 19.2 Å². The van der Waals surface area contributed by atoms with Crippen LogP contribution in [0.4, 0.5) is 4.79 Å². The zero-order valence-corrected chi connectivity index (χ0v) is 12.7.